The molecule has 0 saturated heterocycles. The Morgan fingerprint density at radius 2 is 1.95 bits per heavy atom. The van der Waals surface area contributed by atoms with Crippen LogP contribution in [0.25, 0.3) is 11.3 Å². The lowest BCUT2D eigenvalue weighted by Crippen LogP contribution is -2.05. The minimum Gasteiger partial charge on any atom is -0.497 e. The number of hydrogen-bond donors (Lipinski definition) is 1. The maximum absolute atomic E-state index is 12.9. The summed E-state index contributed by atoms with van der Waals surface area (Å²) in [7, 11) is 1.34. The van der Waals surface area contributed by atoms with Gasteiger partial charge in [0.25, 0.3) is 0 Å². The van der Waals surface area contributed by atoms with Gasteiger partial charge in [-0.3, -0.25) is 4.98 Å². The third-order valence-electron chi connectivity index (χ3n) is 3.82. The molecule has 0 bridgehead atoms. The normalized spacial score (nSPS) is 20.8. The van der Waals surface area contributed by atoms with Gasteiger partial charge in [-0.05, 0) is 36.2 Å². The van der Waals surface area contributed by atoms with E-state index in [4.69, 9.17) is 10.5 Å². The molecule has 2 atom stereocenters. The number of rotatable bonds is 3. The highest BCUT2D eigenvalue weighted by Gasteiger charge is 2.35. The first-order chi connectivity index (χ1) is 10.4. The molecule has 1 heterocycles. The van der Waals surface area contributed by atoms with Crippen LogP contribution < -0.4 is 10.5 Å². The molecule has 2 aromatic rings. The van der Waals surface area contributed by atoms with Gasteiger partial charge in [0, 0.05) is 23.7 Å². The molecular weight excluding hydrogens is 293 g/mol. The van der Waals surface area contributed by atoms with Gasteiger partial charge in [-0.25, -0.2) is 0 Å². The van der Waals surface area contributed by atoms with Crippen molar-refractivity contribution in [1.82, 2.24) is 4.98 Å². The molecule has 0 aliphatic heterocycles. The Hall–Kier alpha value is -2.08. The van der Waals surface area contributed by atoms with Crippen molar-refractivity contribution in [1.29, 1.82) is 0 Å². The number of nitrogens with two attached hydrogens (primary N) is 1. The number of pyridine rings is 1. The zero-order valence-corrected chi connectivity index (χ0v) is 11.9. The number of methoxy groups -OCH3 is 1. The highest BCUT2D eigenvalue weighted by Crippen LogP contribution is 2.39. The second-order valence-electron chi connectivity index (χ2n) is 5.43. The van der Waals surface area contributed by atoms with E-state index in [2.05, 4.69) is 4.98 Å². The fourth-order valence-electron chi connectivity index (χ4n) is 2.42. The summed E-state index contributed by atoms with van der Waals surface area (Å²) in [5, 5.41) is 0. The Bertz CT molecular complexity index is 683. The number of aromatic nitrogens is 1. The van der Waals surface area contributed by atoms with Crippen LogP contribution in [0.3, 0.4) is 0 Å². The Morgan fingerprint density at radius 3 is 2.45 bits per heavy atom. The molecule has 6 heteroatoms. The van der Waals surface area contributed by atoms with Crippen molar-refractivity contribution < 1.29 is 17.9 Å². The summed E-state index contributed by atoms with van der Waals surface area (Å²) in [6.07, 6.45) is -1.82. The number of nitrogens with zero attached hydrogens (tertiary/aromatic N) is 1. The third kappa shape index (κ3) is 2.92. The SMILES string of the molecule is COc1cc(-c2ccc(C3CC3N)cn2)cc(C(F)(F)F)c1. The van der Waals surface area contributed by atoms with Crippen LogP contribution in [0.5, 0.6) is 5.75 Å². The number of alkyl halides is 3. The van der Waals surface area contributed by atoms with Gasteiger partial charge in [0.2, 0.25) is 0 Å². The molecule has 3 nitrogen and oxygen atoms in total. The van der Waals surface area contributed by atoms with Gasteiger partial charge in [-0.2, -0.15) is 13.2 Å². The van der Waals surface area contributed by atoms with E-state index in [9.17, 15) is 13.2 Å². The Kier molecular flexibility index (Phi) is 3.56. The lowest BCUT2D eigenvalue weighted by molar-refractivity contribution is -0.137. The monoisotopic (exact) mass is 308 g/mol. The standard InChI is InChI=1S/C16H15F3N2O/c1-22-12-5-10(4-11(6-12)16(17,18)19)15-3-2-9(8-21-15)13-7-14(13)20/h2-6,8,13-14H,7,20H2,1H3. The lowest BCUT2D eigenvalue weighted by atomic mass is 10.0. The van der Waals surface area contributed by atoms with E-state index in [-0.39, 0.29) is 11.8 Å². The maximum Gasteiger partial charge on any atom is 0.416 e. The molecule has 2 unspecified atom stereocenters. The topological polar surface area (TPSA) is 48.1 Å². The molecule has 1 fully saturated rings. The van der Waals surface area contributed by atoms with E-state index in [1.807, 2.05) is 6.07 Å². The summed E-state index contributed by atoms with van der Waals surface area (Å²) in [6, 6.07) is 7.34. The van der Waals surface area contributed by atoms with E-state index in [0.29, 0.717) is 17.2 Å². The molecule has 22 heavy (non-hydrogen) atoms. The quantitative estimate of drug-likeness (QED) is 0.942. The molecule has 116 valence electrons. The van der Waals surface area contributed by atoms with Gasteiger partial charge >= 0.3 is 6.18 Å². The molecule has 2 N–H and O–H groups in total. The minimum atomic E-state index is -4.43. The molecule has 1 saturated carbocycles. The molecule has 1 aliphatic carbocycles. The first-order valence-electron chi connectivity index (χ1n) is 6.86. The average Bonchev–Trinajstić information content (AvgIpc) is 3.23. The van der Waals surface area contributed by atoms with E-state index >= 15 is 0 Å². The lowest BCUT2D eigenvalue weighted by Gasteiger charge is -2.11. The number of halogens is 3. The third-order valence-corrected chi connectivity index (χ3v) is 3.82. The second-order valence-corrected chi connectivity index (χ2v) is 5.43. The summed E-state index contributed by atoms with van der Waals surface area (Å²) in [5.74, 6) is 0.470. The van der Waals surface area contributed by atoms with Crippen molar-refractivity contribution in [2.45, 2.75) is 24.6 Å². The predicted molar refractivity (Wildman–Crippen MR) is 76.6 cm³/mol. The Labute approximate surface area is 125 Å². The van der Waals surface area contributed by atoms with Crippen LogP contribution in [-0.4, -0.2) is 18.1 Å². The zero-order valence-electron chi connectivity index (χ0n) is 11.9. The van der Waals surface area contributed by atoms with Crippen LogP contribution in [-0.2, 0) is 6.18 Å². The van der Waals surface area contributed by atoms with Gasteiger partial charge in [0.05, 0.1) is 18.4 Å². The van der Waals surface area contributed by atoms with Crippen molar-refractivity contribution >= 4 is 0 Å². The Morgan fingerprint density at radius 1 is 1.23 bits per heavy atom. The first kappa shape index (κ1) is 14.8. The largest absolute Gasteiger partial charge is 0.497 e. The zero-order chi connectivity index (χ0) is 15.9. The smallest absolute Gasteiger partial charge is 0.416 e. The van der Waals surface area contributed by atoms with Crippen LogP contribution >= 0.6 is 0 Å². The van der Waals surface area contributed by atoms with Gasteiger partial charge in [0.1, 0.15) is 5.75 Å². The molecule has 1 aromatic carbocycles. The summed E-state index contributed by atoms with van der Waals surface area (Å²) >= 11 is 0. The molecule has 0 radical (unpaired) electrons. The fraction of sp³-hybridized carbons (Fsp3) is 0.312. The Balaban J connectivity index is 1.96. The fourth-order valence-corrected chi connectivity index (χ4v) is 2.42. The summed E-state index contributed by atoms with van der Waals surface area (Å²) < 4.78 is 43.7. The van der Waals surface area contributed by atoms with Crippen LogP contribution in [0.4, 0.5) is 13.2 Å². The van der Waals surface area contributed by atoms with Crippen molar-refractivity contribution in [2.24, 2.45) is 5.73 Å². The summed E-state index contributed by atoms with van der Waals surface area (Å²) in [4.78, 5) is 4.26. The minimum absolute atomic E-state index is 0.153. The number of benzene rings is 1. The van der Waals surface area contributed by atoms with Crippen LogP contribution in [0, 0.1) is 0 Å². The van der Waals surface area contributed by atoms with Crippen molar-refractivity contribution in [3.05, 3.63) is 47.7 Å². The van der Waals surface area contributed by atoms with Crippen molar-refractivity contribution in [3.63, 3.8) is 0 Å². The molecular formula is C16H15F3N2O. The van der Waals surface area contributed by atoms with Gasteiger partial charge < -0.3 is 10.5 Å². The van der Waals surface area contributed by atoms with Crippen LogP contribution in [0.15, 0.2) is 36.5 Å². The van der Waals surface area contributed by atoms with Gasteiger partial charge in [-0.15, -0.1) is 0 Å². The van der Waals surface area contributed by atoms with Crippen molar-refractivity contribution in [3.8, 4) is 17.0 Å². The van der Waals surface area contributed by atoms with Crippen molar-refractivity contribution in [2.75, 3.05) is 7.11 Å². The van der Waals surface area contributed by atoms with E-state index in [1.165, 1.54) is 7.11 Å². The highest BCUT2D eigenvalue weighted by molar-refractivity contribution is 5.63. The molecule has 1 aliphatic rings. The van der Waals surface area contributed by atoms with E-state index < -0.39 is 11.7 Å². The molecule has 1 aromatic heterocycles. The first-order valence-corrected chi connectivity index (χ1v) is 6.86. The van der Waals surface area contributed by atoms with Crippen LogP contribution in [0.1, 0.15) is 23.5 Å². The molecule has 3 rings (SSSR count). The van der Waals surface area contributed by atoms with E-state index in [0.717, 1.165) is 24.1 Å². The average molecular weight is 308 g/mol. The summed E-state index contributed by atoms with van der Waals surface area (Å²) in [6.45, 7) is 0. The number of ether oxygens (including phenoxy) is 1. The van der Waals surface area contributed by atoms with Gasteiger partial charge in [0.15, 0.2) is 0 Å². The predicted octanol–water partition coefficient (Wildman–Crippen LogP) is 3.59. The maximum atomic E-state index is 12.9. The van der Waals surface area contributed by atoms with E-state index in [1.54, 1.807) is 18.3 Å². The summed E-state index contributed by atoms with van der Waals surface area (Å²) in [5.41, 5.74) is 6.90. The molecule has 0 spiro atoms. The molecule has 0 amide bonds. The second kappa shape index (κ2) is 5.28. The highest BCUT2D eigenvalue weighted by atomic mass is 19.4. The van der Waals surface area contributed by atoms with Crippen LogP contribution in [0.2, 0.25) is 0 Å². The number of hydrogen-bond acceptors (Lipinski definition) is 3. The van der Waals surface area contributed by atoms with Gasteiger partial charge in [-0.1, -0.05) is 6.07 Å².